The van der Waals surface area contributed by atoms with E-state index in [4.69, 9.17) is 5.26 Å². The Morgan fingerprint density at radius 2 is 2.00 bits per heavy atom. The molecule has 0 radical (unpaired) electrons. The molecule has 0 aromatic carbocycles. The largest absolute Gasteiger partial charge is 0.269 e. The molecule has 0 N–H and O–H groups in total. The van der Waals surface area contributed by atoms with Crippen molar-refractivity contribution in [3.8, 4) is 6.07 Å². The Balaban J connectivity index is 0.000000686. The fourth-order valence-electron chi connectivity index (χ4n) is 1.99. The van der Waals surface area contributed by atoms with E-state index in [9.17, 15) is 0 Å². The van der Waals surface area contributed by atoms with Crippen LogP contribution in [0.5, 0.6) is 0 Å². The second-order valence-electron chi connectivity index (χ2n) is 4.96. The zero-order valence-corrected chi connectivity index (χ0v) is 11.6. The Kier molecular flexibility index (Phi) is 4.34. The summed E-state index contributed by atoms with van der Waals surface area (Å²) in [5, 5.41) is 13.7. The van der Waals surface area contributed by atoms with E-state index in [1.54, 1.807) is 0 Å². The minimum atomic E-state index is -0.473. The van der Waals surface area contributed by atoms with E-state index in [-0.39, 0.29) is 0 Å². The minimum absolute atomic E-state index is 0.473. The van der Waals surface area contributed by atoms with E-state index in [1.807, 2.05) is 39.3 Å². The molecule has 0 spiro atoms. The quantitative estimate of drug-likeness (QED) is 0.780. The van der Waals surface area contributed by atoms with Crippen molar-refractivity contribution in [2.75, 3.05) is 0 Å². The van der Waals surface area contributed by atoms with Crippen molar-refractivity contribution in [3.63, 3.8) is 0 Å². The van der Waals surface area contributed by atoms with Crippen molar-refractivity contribution in [1.82, 2.24) is 9.78 Å². The molecule has 1 fully saturated rings. The molecule has 1 aliphatic rings. The maximum absolute atomic E-state index is 9.09. The first kappa shape index (κ1) is 13.8. The van der Waals surface area contributed by atoms with E-state index in [0.717, 1.165) is 11.3 Å². The highest BCUT2D eigenvalue weighted by atomic mass is 15.3. The Morgan fingerprint density at radius 1 is 1.41 bits per heavy atom. The molecule has 1 saturated carbocycles. The lowest BCUT2D eigenvalue weighted by atomic mass is 9.89. The van der Waals surface area contributed by atoms with Crippen LogP contribution in [0.4, 0.5) is 0 Å². The monoisotopic (exact) mass is 233 g/mol. The second kappa shape index (κ2) is 5.35. The van der Waals surface area contributed by atoms with Crippen LogP contribution in [0.15, 0.2) is 6.20 Å². The van der Waals surface area contributed by atoms with E-state index in [1.165, 1.54) is 19.3 Å². The first-order chi connectivity index (χ1) is 8.04. The van der Waals surface area contributed by atoms with Crippen LogP contribution in [0.3, 0.4) is 0 Å². The van der Waals surface area contributed by atoms with E-state index in [2.05, 4.69) is 17.4 Å². The van der Waals surface area contributed by atoms with Crippen LogP contribution in [-0.4, -0.2) is 9.78 Å². The van der Waals surface area contributed by atoms with Gasteiger partial charge in [0.05, 0.1) is 23.2 Å². The number of hydrogen-bond acceptors (Lipinski definition) is 2. The highest BCUT2D eigenvalue weighted by molar-refractivity contribution is 5.29. The van der Waals surface area contributed by atoms with Gasteiger partial charge in [0.2, 0.25) is 0 Å². The molecule has 0 atom stereocenters. The fourth-order valence-corrected chi connectivity index (χ4v) is 1.99. The van der Waals surface area contributed by atoms with Crippen LogP contribution in [0.1, 0.15) is 64.3 Å². The van der Waals surface area contributed by atoms with Crippen LogP contribution >= 0.6 is 0 Å². The molecule has 3 heteroatoms. The summed E-state index contributed by atoms with van der Waals surface area (Å²) in [6.45, 7) is 9.89. The Bertz CT molecular complexity index is 406. The number of nitrogens with zero attached hydrogens (tertiary/aromatic N) is 3. The van der Waals surface area contributed by atoms with Gasteiger partial charge in [-0.15, -0.1) is 0 Å². The molecule has 17 heavy (non-hydrogen) atoms. The van der Waals surface area contributed by atoms with Crippen molar-refractivity contribution in [2.24, 2.45) is 0 Å². The summed E-state index contributed by atoms with van der Waals surface area (Å²) in [6, 6.07) is 2.89. The summed E-state index contributed by atoms with van der Waals surface area (Å²) >= 11 is 0. The topological polar surface area (TPSA) is 41.6 Å². The maximum Gasteiger partial charge on any atom is 0.0958 e. The molecule has 0 aliphatic heterocycles. The summed E-state index contributed by atoms with van der Waals surface area (Å²) in [7, 11) is 0. The van der Waals surface area contributed by atoms with Crippen molar-refractivity contribution >= 4 is 0 Å². The molecular formula is C14H23N3. The Labute approximate surface area is 104 Å². The van der Waals surface area contributed by atoms with Crippen LogP contribution in [-0.2, 0) is 5.41 Å². The average molecular weight is 233 g/mol. The van der Waals surface area contributed by atoms with Crippen LogP contribution in [0.25, 0.3) is 0 Å². The number of hydrogen-bond donors (Lipinski definition) is 0. The summed E-state index contributed by atoms with van der Waals surface area (Å²) in [5.41, 5.74) is 1.59. The summed E-state index contributed by atoms with van der Waals surface area (Å²) < 4.78 is 2.05. The lowest BCUT2D eigenvalue weighted by Crippen LogP contribution is -2.20. The Hall–Kier alpha value is -1.30. The molecule has 1 aliphatic carbocycles. The van der Waals surface area contributed by atoms with Gasteiger partial charge < -0.3 is 0 Å². The van der Waals surface area contributed by atoms with Gasteiger partial charge in [-0.05, 0) is 45.6 Å². The van der Waals surface area contributed by atoms with Gasteiger partial charge in [0.1, 0.15) is 0 Å². The zero-order chi connectivity index (χ0) is 13.1. The summed E-state index contributed by atoms with van der Waals surface area (Å²) in [4.78, 5) is 0. The number of aryl methyl sites for hydroxylation is 1. The van der Waals surface area contributed by atoms with E-state index < -0.39 is 5.41 Å². The molecule has 0 bridgehead atoms. The predicted octanol–water partition coefficient (Wildman–Crippen LogP) is 3.74. The molecule has 94 valence electrons. The normalized spacial score (nSPS) is 15.5. The third kappa shape index (κ3) is 2.69. The molecule has 0 unspecified atom stereocenters. The number of aromatic nitrogens is 2. The minimum Gasteiger partial charge on any atom is -0.269 e. The van der Waals surface area contributed by atoms with Crippen molar-refractivity contribution < 1.29 is 0 Å². The smallest absolute Gasteiger partial charge is 0.0958 e. The van der Waals surface area contributed by atoms with Crippen LogP contribution in [0, 0.1) is 18.3 Å². The van der Waals surface area contributed by atoms with Gasteiger partial charge in [-0.3, -0.25) is 4.68 Å². The Morgan fingerprint density at radius 3 is 2.41 bits per heavy atom. The van der Waals surface area contributed by atoms with Gasteiger partial charge in [-0.2, -0.15) is 10.4 Å². The highest BCUT2D eigenvalue weighted by Gasteiger charge is 2.28. The molecule has 1 aromatic heterocycles. The SMILES string of the molecule is CC.Cc1cn(C2CCC2)nc1C(C)(C)C#N. The second-order valence-corrected chi connectivity index (χ2v) is 4.96. The van der Waals surface area contributed by atoms with Gasteiger partial charge in [-0.25, -0.2) is 0 Å². The summed E-state index contributed by atoms with van der Waals surface area (Å²) in [5.74, 6) is 0. The summed E-state index contributed by atoms with van der Waals surface area (Å²) in [6.07, 6.45) is 5.85. The molecule has 0 saturated heterocycles. The van der Waals surface area contributed by atoms with Gasteiger partial charge in [0, 0.05) is 6.20 Å². The third-order valence-corrected chi connectivity index (χ3v) is 3.24. The fraction of sp³-hybridized carbons (Fsp3) is 0.714. The molecule has 3 nitrogen and oxygen atoms in total. The molecule has 1 heterocycles. The molecule has 2 rings (SSSR count). The van der Waals surface area contributed by atoms with Crippen molar-refractivity contribution in [2.45, 2.75) is 65.3 Å². The van der Waals surface area contributed by atoms with Crippen molar-refractivity contribution in [3.05, 3.63) is 17.5 Å². The lowest BCUT2D eigenvalue weighted by molar-refractivity contribution is 0.287. The lowest BCUT2D eigenvalue weighted by Gasteiger charge is -2.25. The van der Waals surface area contributed by atoms with Crippen LogP contribution < -0.4 is 0 Å². The zero-order valence-electron chi connectivity index (χ0n) is 11.6. The molecule has 0 amide bonds. The van der Waals surface area contributed by atoms with Crippen molar-refractivity contribution in [1.29, 1.82) is 5.26 Å². The average Bonchev–Trinajstić information content (AvgIpc) is 2.61. The predicted molar refractivity (Wildman–Crippen MR) is 69.8 cm³/mol. The molecular weight excluding hydrogens is 210 g/mol. The van der Waals surface area contributed by atoms with Gasteiger partial charge >= 0.3 is 0 Å². The van der Waals surface area contributed by atoms with Crippen LogP contribution in [0.2, 0.25) is 0 Å². The van der Waals surface area contributed by atoms with E-state index in [0.29, 0.717) is 6.04 Å². The number of rotatable bonds is 2. The molecule has 1 aromatic rings. The third-order valence-electron chi connectivity index (χ3n) is 3.24. The maximum atomic E-state index is 9.09. The number of nitriles is 1. The van der Waals surface area contributed by atoms with Gasteiger partial charge in [0.15, 0.2) is 0 Å². The highest BCUT2D eigenvalue weighted by Crippen LogP contribution is 2.33. The van der Waals surface area contributed by atoms with Gasteiger partial charge in [-0.1, -0.05) is 13.8 Å². The first-order valence-corrected chi connectivity index (χ1v) is 6.52. The van der Waals surface area contributed by atoms with E-state index >= 15 is 0 Å². The van der Waals surface area contributed by atoms with Gasteiger partial charge in [0.25, 0.3) is 0 Å². The first-order valence-electron chi connectivity index (χ1n) is 6.52. The standard InChI is InChI=1S/C12H17N3.C2H6/c1-9-7-15(10-5-4-6-10)14-11(9)12(2,3)8-13;1-2/h7,10H,4-6H2,1-3H3;1-2H3.